The minimum atomic E-state index is -4.45. The molecule has 0 fully saturated rings. The van der Waals surface area contributed by atoms with Crippen LogP contribution in [0.4, 0.5) is 13.2 Å². The van der Waals surface area contributed by atoms with Gasteiger partial charge in [-0.3, -0.25) is 5.41 Å². The van der Waals surface area contributed by atoms with Crippen molar-refractivity contribution in [3.63, 3.8) is 0 Å². The Morgan fingerprint density at radius 2 is 2.06 bits per heavy atom. The summed E-state index contributed by atoms with van der Waals surface area (Å²) in [5.74, 6) is -0.0988. The van der Waals surface area contributed by atoms with Crippen molar-refractivity contribution in [3.8, 4) is 5.82 Å². The number of alkyl halides is 3. The van der Waals surface area contributed by atoms with Crippen LogP contribution in [0.25, 0.3) is 5.82 Å². The Morgan fingerprint density at radius 3 is 2.61 bits per heavy atom. The first-order valence-corrected chi connectivity index (χ1v) is 4.81. The number of halogens is 3. The summed E-state index contributed by atoms with van der Waals surface area (Å²) in [5, 5.41) is 10.8. The van der Waals surface area contributed by atoms with Crippen LogP contribution in [0.1, 0.15) is 11.3 Å². The van der Waals surface area contributed by atoms with Crippen LogP contribution in [0, 0.1) is 5.41 Å². The molecule has 0 aliphatic heterocycles. The lowest BCUT2D eigenvalue weighted by atomic mass is 10.3. The molecule has 0 aliphatic carbocycles. The Balaban J connectivity index is 2.40. The first-order chi connectivity index (χ1) is 8.38. The highest BCUT2D eigenvalue weighted by atomic mass is 19.4. The lowest BCUT2D eigenvalue weighted by molar-refractivity contribution is -0.137. The van der Waals surface area contributed by atoms with Gasteiger partial charge in [0.05, 0.1) is 11.8 Å². The number of pyridine rings is 1. The van der Waals surface area contributed by atoms with Crippen molar-refractivity contribution in [1.29, 1.82) is 5.41 Å². The lowest BCUT2D eigenvalue weighted by Crippen LogP contribution is -2.14. The molecule has 0 bridgehead atoms. The second kappa shape index (κ2) is 4.13. The third-order valence-corrected chi connectivity index (χ3v) is 2.15. The average molecular weight is 255 g/mol. The molecule has 0 radical (unpaired) electrons. The molecule has 0 atom stereocenters. The number of nitrogens with one attached hydrogen (secondary N) is 1. The predicted molar refractivity (Wildman–Crippen MR) is 57.4 cm³/mol. The monoisotopic (exact) mass is 255 g/mol. The maximum atomic E-state index is 12.4. The molecule has 2 aromatic rings. The standard InChI is InChI=1S/C10H8F3N5/c11-10(12,13)6-4-16-18(5-6)8-3-1-2-7(17-8)9(14)15/h1-5H,(H3,14,15). The Hall–Kier alpha value is -2.38. The number of nitrogens with zero attached hydrogens (tertiary/aromatic N) is 3. The van der Waals surface area contributed by atoms with E-state index in [0.29, 0.717) is 6.20 Å². The quantitative estimate of drug-likeness (QED) is 0.631. The van der Waals surface area contributed by atoms with Crippen LogP contribution in [0.3, 0.4) is 0 Å². The molecule has 0 spiro atoms. The fourth-order valence-corrected chi connectivity index (χ4v) is 1.30. The number of hydrogen-bond acceptors (Lipinski definition) is 3. The van der Waals surface area contributed by atoms with Gasteiger partial charge in [-0.05, 0) is 12.1 Å². The minimum Gasteiger partial charge on any atom is -0.382 e. The van der Waals surface area contributed by atoms with Crippen LogP contribution in [0.15, 0.2) is 30.6 Å². The molecule has 0 unspecified atom stereocenters. The summed E-state index contributed by atoms with van der Waals surface area (Å²) in [6.45, 7) is 0. The van der Waals surface area contributed by atoms with Crippen LogP contribution in [0.5, 0.6) is 0 Å². The second-order valence-electron chi connectivity index (χ2n) is 3.47. The smallest absolute Gasteiger partial charge is 0.382 e. The molecule has 0 saturated heterocycles. The molecule has 0 saturated carbocycles. The molecule has 2 aromatic heterocycles. The zero-order chi connectivity index (χ0) is 13.3. The normalized spacial score (nSPS) is 11.5. The maximum Gasteiger partial charge on any atom is 0.419 e. The molecule has 3 N–H and O–H groups in total. The molecule has 94 valence electrons. The highest BCUT2D eigenvalue weighted by molar-refractivity contribution is 5.93. The van der Waals surface area contributed by atoms with Gasteiger partial charge in [0.15, 0.2) is 5.82 Å². The zero-order valence-corrected chi connectivity index (χ0v) is 8.94. The van der Waals surface area contributed by atoms with E-state index in [1.807, 2.05) is 0 Å². The summed E-state index contributed by atoms with van der Waals surface area (Å²) in [6.07, 6.45) is -2.91. The molecular formula is C10H8F3N5. The molecule has 2 rings (SSSR count). The van der Waals surface area contributed by atoms with Crippen molar-refractivity contribution >= 4 is 5.84 Å². The molecule has 5 nitrogen and oxygen atoms in total. The Labute approximate surface area is 99.6 Å². The summed E-state index contributed by atoms with van der Waals surface area (Å²) in [5.41, 5.74) is 4.56. The third kappa shape index (κ3) is 2.31. The van der Waals surface area contributed by atoms with Crippen molar-refractivity contribution in [2.24, 2.45) is 5.73 Å². The molecule has 8 heteroatoms. The molecule has 0 aliphatic rings. The van der Waals surface area contributed by atoms with Crippen molar-refractivity contribution in [3.05, 3.63) is 41.9 Å². The van der Waals surface area contributed by atoms with Crippen LogP contribution < -0.4 is 5.73 Å². The van der Waals surface area contributed by atoms with Crippen LogP contribution in [-0.4, -0.2) is 20.6 Å². The van der Waals surface area contributed by atoms with Crippen molar-refractivity contribution in [2.45, 2.75) is 6.18 Å². The SMILES string of the molecule is N=C(N)c1cccc(-n2cc(C(F)(F)F)cn2)n1. The first-order valence-electron chi connectivity index (χ1n) is 4.81. The molecule has 18 heavy (non-hydrogen) atoms. The van der Waals surface area contributed by atoms with E-state index in [4.69, 9.17) is 11.1 Å². The van der Waals surface area contributed by atoms with E-state index in [1.54, 1.807) is 0 Å². The largest absolute Gasteiger partial charge is 0.419 e. The molecule has 0 aromatic carbocycles. The summed E-state index contributed by atoms with van der Waals surface area (Å²) in [6, 6.07) is 4.49. The van der Waals surface area contributed by atoms with Crippen molar-refractivity contribution < 1.29 is 13.2 Å². The van der Waals surface area contributed by atoms with Gasteiger partial charge < -0.3 is 5.73 Å². The summed E-state index contributed by atoms with van der Waals surface area (Å²) < 4.78 is 38.2. The van der Waals surface area contributed by atoms with E-state index in [1.165, 1.54) is 18.2 Å². The summed E-state index contributed by atoms with van der Waals surface area (Å²) in [4.78, 5) is 3.92. The van der Waals surface area contributed by atoms with Gasteiger partial charge >= 0.3 is 6.18 Å². The number of hydrogen-bond donors (Lipinski definition) is 2. The highest BCUT2D eigenvalue weighted by Gasteiger charge is 2.32. The third-order valence-electron chi connectivity index (χ3n) is 2.15. The Morgan fingerprint density at radius 1 is 1.33 bits per heavy atom. The van der Waals surface area contributed by atoms with Gasteiger partial charge in [-0.15, -0.1) is 0 Å². The van der Waals surface area contributed by atoms with E-state index in [-0.39, 0.29) is 17.3 Å². The van der Waals surface area contributed by atoms with Gasteiger partial charge in [0.25, 0.3) is 0 Å². The van der Waals surface area contributed by atoms with E-state index in [2.05, 4.69) is 10.1 Å². The molecular weight excluding hydrogens is 247 g/mol. The van der Waals surface area contributed by atoms with E-state index >= 15 is 0 Å². The maximum absolute atomic E-state index is 12.4. The summed E-state index contributed by atoms with van der Waals surface area (Å²) >= 11 is 0. The van der Waals surface area contributed by atoms with E-state index in [9.17, 15) is 13.2 Å². The Bertz CT molecular complexity index is 587. The van der Waals surface area contributed by atoms with Gasteiger partial charge in [0, 0.05) is 6.20 Å². The van der Waals surface area contributed by atoms with Crippen LogP contribution in [0.2, 0.25) is 0 Å². The predicted octanol–water partition coefficient (Wildman–Crippen LogP) is 1.57. The second-order valence-corrected chi connectivity index (χ2v) is 3.47. The minimum absolute atomic E-state index is 0.165. The zero-order valence-electron chi connectivity index (χ0n) is 8.94. The Kier molecular flexibility index (Phi) is 2.77. The topological polar surface area (TPSA) is 80.6 Å². The van der Waals surface area contributed by atoms with E-state index < -0.39 is 11.7 Å². The number of aromatic nitrogens is 3. The van der Waals surface area contributed by atoms with Crippen molar-refractivity contribution in [1.82, 2.24) is 14.8 Å². The number of nitrogen functional groups attached to an aromatic ring is 1. The number of rotatable bonds is 2. The first kappa shape index (κ1) is 12.1. The number of nitrogens with two attached hydrogens (primary N) is 1. The molecule has 0 amide bonds. The van der Waals surface area contributed by atoms with Gasteiger partial charge in [-0.2, -0.15) is 18.3 Å². The van der Waals surface area contributed by atoms with Crippen LogP contribution in [-0.2, 0) is 6.18 Å². The molecule has 2 heterocycles. The fourth-order valence-electron chi connectivity index (χ4n) is 1.30. The number of amidine groups is 1. The highest BCUT2D eigenvalue weighted by Crippen LogP contribution is 2.28. The summed E-state index contributed by atoms with van der Waals surface area (Å²) in [7, 11) is 0. The lowest BCUT2D eigenvalue weighted by Gasteiger charge is -2.03. The van der Waals surface area contributed by atoms with Crippen molar-refractivity contribution in [2.75, 3.05) is 0 Å². The average Bonchev–Trinajstić information content (AvgIpc) is 2.78. The van der Waals surface area contributed by atoms with Gasteiger partial charge in [-0.25, -0.2) is 9.67 Å². The van der Waals surface area contributed by atoms with Gasteiger partial charge in [0.2, 0.25) is 0 Å². The van der Waals surface area contributed by atoms with Gasteiger partial charge in [-0.1, -0.05) is 6.07 Å². The van der Waals surface area contributed by atoms with Crippen LogP contribution >= 0.6 is 0 Å². The van der Waals surface area contributed by atoms with Gasteiger partial charge in [0.1, 0.15) is 11.5 Å². The fraction of sp³-hybridized carbons (Fsp3) is 0.100. The van der Waals surface area contributed by atoms with E-state index in [0.717, 1.165) is 10.9 Å².